The number of ether oxygens (including phenoxy) is 2. The third-order valence-corrected chi connectivity index (χ3v) is 8.49. The standard InChI is InChI=1S/C23H32O6/c1-22-9-7-15(24)11-14(22)3-4-16-17-5-6-19(23(17,2)10-8-18(16)22)20(25)12-28-13-29-21(26)27/h7,9,11,16-19,21,26-27H,3-6,8,10,12-13H2,1-2H3/t16-,17-,18-,19+,22-,23-/m0/s1. The van der Waals surface area contributed by atoms with Crippen molar-refractivity contribution in [3.8, 4) is 0 Å². The summed E-state index contributed by atoms with van der Waals surface area (Å²) >= 11 is 0. The summed E-state index contributed by atoms with van der Waals surface area (Å²) < 4.78 is 9.73. The minimum atomic E-state index is -1.88. The van der Waals surface area contributed by atoms with Crippen molar-refractivity contribution >= 4 is 11.6 Å². The summed E-state index contributed by atoms with van der Waals surface area (Å²) in [5, 5.41) is 17.4. The van der Waals surface area contributed by atoms with E-state index in [-0.39, 0.29) is 41.7 Å². The Bertz CT molecular complexity index is 740. The van der Waals surface area contributed by atoms with Gasteiger partial charge in [-0.2, -0.15) is 0 Å². The molecule has 6 heteroatoms. The van der Waals surface area contributed by atoms with Crippen LogP contribution in [0.3, 0.4) is 0 Å². The molecule has 0 aromatic rings. The molecule has 3 saturated carbocycles. The Hall–Kier alpha value is -1.34. The second kappa shape index (κ2) is 7.73. The second-order valence-corrected chi connectivity index (χ2v) is 9.70. The number of Topliss-reactive ketones (excluding diaryl/α,β-unsaturated/α-hetero) is 1. The zero-order chi connectivity index (χ0) is 20.8. The van der Waals surface area contributed by atoms with Gasteiger partial charge in [0.2, 0.25) is 0 Å². The first-order valence-electron chi connectivity index (χ1n) is 10.8. The van der Waals surface area contributed by atoms with Crippen LogP contribution >= 0.6 is 0 Å². The highest BCUT2D eigenvalue weighted by atomic mass is 16.8. The maximum atomic E-state index is 12.9. The summed E-state index contributed by atoms with van der Waals surface area (Å²) in [6, 6.07) is 0. The third kappa shape index (κ3) is 3.54. The number of aliphatic hydroxyl groups is 2. The minimum absolute atomic E-state index is 0.00919. The molecule has 29 heavy (non-hydrogen) atoms. The lowest BCUT2D eigenvalue weighted by Gasteiger charge is -2.56. The molecule has 0 aromatic carbocycles. The van der Waals surface area contributed by atoms with Gasteiger partial charge in [0, 0.05) is 11.3 Å². The minimum Gasteiger partial charge on any atom is -0.347 e. The number of carbonyl (C=O) groups is 2. The van der Waals surface area contributed by atoms with E-state index in [1.54, 1.807) is 6.08 Å². The van der Waals surface area contributed by atoms with E-state index in [1.165, 1.54) is 5.57 Å². The molecule has 0 bridgehead atoms. The number of aliphatic hydroxyl groups excluding tert-OH is 1. The predicted octanol–water partition coefficient (Wildman–Crippen LogP) is 2.74. The van der Waals surface area contributed by atoms with E-state index in [9.17, 15) is 9.59 Å². The highest BCUT2D eigenvalue weighted by Crippen LogP contribution is 2.66. The van der Waals surface area contributed by atoms with Gasteiger partial charge in [-0.05, 0) is 73.8 Å². The van der Waals surface area contributed by atoms with Crippen molar-refractivity contribution in [2.24, 2.45) is 34.5 Å². The average Bonchev–Trinajstić information content (AvgIpc) is 3.03. The molecule has 0 aliphatic heterocycles. The van der Waals surface area contributed by atoms with E-state index in [4.69, 9.17) is 14.9 Å². The average molecular weight is 405 g/mol. The zero-order valence-electron chi connectivity index (χ0n) is 17.3. The lowest BCUT2D eigenvalue weighted by atomic mass is 9.47. The molecule has 4 rings (SSSR count). The van der Waals surface area contributed by atoms with Gasteiger partial charge in [-0.15, -0.1) is 0 Å². The molecule has 6 atom stereocenters. The molecule has 4 aliphatic rings. The summed E-state index contributed by atoms with van der Waals surface area (Å²) in [7, 11) is 0. The lowest BCUT2D eigenvalue weighted by molar-refractivity contribution is -0.268. The van der Waals surface area contributed by atoms with E-state index in [0.717, 1.165) is 38.5 Å². The highest BCUT2D eigenvalue weighted by Gasteiger charge is 2.59. The largest absolute Gasteiger partial charge is 0.347 e. The van der Waals surface area contributed by atoms with Gasteiger partial charge < -0.3 is 19.7 Å². The number of fused-ring (bicyclic) bond motifs is 5. The number of rotatable bonds is 6. The topological polar surface area (TPSA) is 93.1 Å². The van der Waals surface area contributed by atoms with Crippen LogP contribution in [0.5, 0.6) is 0 Å². The number of hydrogen-bond donors (Lipinski definition) is 2. The Kier molecular flexibility index (Phi) is 5.57. The summed E-state index contributed by atoms with van der Waals surface area (Å²) in [5.41, 5.74) is 1.26. The normalized spacial score (nSPS) is 41.0. The molecule has 0 aromatic heterocycles. The highest BCUT2D eigenvalue weighted by molar-refractivity contribution is 6.01. The van der Waals surface area contributed by atoms with E-state index >= 15 is 0 Å². The van der Waals surface area contributed by atoms with Crippen LogP contribution in [0.2, 0.25) is 0 Å². The molecule has 0 amide bonds. The van der Waals surface area contributed by atoms with Gasteiger partial charge in [0.05, 0.1) is 0 Å². The molecule has 4 aliphatic carbocycles. The summed E-state index contributed by atoms with van der Waals surface area (Å²) in [4.78, 5) is 24.7. The van der Waals surface area contributed by atoms with Crippen molar-refractivity contribution in [1.29, 1.82) is 0 Å². The molecule has 0 heterocycles. The van der Waals surface area contributed by atoms with Crippen LogP contribution < -0.4 is 0 Å². The molecule has 160 valence electrons. The smallest absolute Gasteiger partial charge is 0.268 e. The fraction of sp³-hybridized carbons (Fsp3) is 0.739. The predicted molar refractivity (Wildman–Crippen MR) is 105 cm³/mol. The van der Waals surface area contributed by atoms with Crippen molar-refractivity contribution in [2.45, 2.75) is 58.8 Å². The van der Waals surface area contributed by atoms with Crippen LogP contribution in [0.25, 0.3) is 0 Å². The van der Waals surface area contributed by atoms with Gasteiger partial charge in [-0.25, -0.2) is 0 Å². The van der Waals surface area contributed by atoms with E-state index < -0.39 is 6.48 Å². The van der Waals surface area contributed by atoms with Crippen LogP contribution in [0.15, 0.2) is 23.8 Å². The molecule has 0 unspecified atom stereocenters. The fourth-order valence-electron chi connectivity index (χ4n) is 7.08. The van der Waals surface area contributed by atoms with Gasteiger partial charge in [0.1, 0.15) is 6.61 Å². The fourth-order valence-corrected chi connectivity index (χ4v) is 7.08. The zero-order valence-corrected chi connectivity index (χ0v) is 17.3. The van der Waals surface area contributed by atoms with Gasteiger partial charge in [-0.1, -0.05) is 25.5 Å². The van der Waals surface area contributed by atoms with Crippen molar-refractivity contribution in [3.05, 3.63) is 23.8 Å². The quantitative estimate of drug-likeness (QED) is 0.522. The van der Waals surface area contributed by atoms with Crippen molar-refractivity contribution < 1.29 is 29.3 Å². The van der Waals surface area contributed by atoms with Gasteiger partial charge in [0.15, 0.2) is 18.4 Å². The summed E-state index contributed by atoms with van der Waals surface area (Å²) in [6.45, 7) is 2.33. The lowest BCUT2D eigenvalue weighted by Crippen LogP contribution is -2.50. The number of hydrogen-bond acceptors (Lipinski definition) is 6. The van der Waals surface area contributed by atoms with Crippen LogP contribution in [0.1, 0.15) is 52.4 Å². The number of allylic oxidation sites excluding steroid dienone is 4. The van der Waals surface area contributed by atoms with Crippen LogP contribution in [-0.4, -0.2) is 41.7 Å². The monoisotopic (exact) mass is 404 g/mol. The molecule has 6 nitrogen and oxygen atoms in total. The first-order valence-corrected chi connectivity index (χ1v) is 10.8. The first kappa shape index (κ1) is 20.9. The molecule has 2 N–H and O–H groups in total. The third-order valence-electron chi connectivity index (χ3n) is 8.49. The van der Waals surface area contributed by atoms with Crippen molar-refractivity contribution in [1.82, 2.24) is 0 Å². The molecule has 0 radical (unpaired) electrons. The molecular formula is C23H32O6. The molecule has 3 fully saturated rings. The van der Waals surface area contributed by atoms with Crippen molar-refractivity contribution in [2.75, 3.05) is 13.4 Å². The van der Waals surface area contributed by atoms with Gasteiger partial charge in [-0.3, -0.25) is 9.59 Å². The van der Waals surface area contributed by atoms with Crippen LogP contribution in [-0.2, 0) is 19.1 Å². The SMILES string of the molecule is C[C@]12CC[C@H]3[C@@H](CCC4=CC(=O)C=C[C@@]43C)[C@@H]1CC[C@@H]2C(=O)COCOC(O)O. The summed E-state index contributed by atoms with van der Waals surface area (Å²) in [6.07, 6.45) is 11.9. The Morgan fingerprint density at radius 1 is 1.21 bits per heavy atom. The maximum absolute atomic E-state index is 12.9. The second-order valence-electron chi connectivity index (χ2n) is 9.70. The molecule has 0 spiro atoms. The first-order chi connectivity index (χ1) is 13.8. The van der Waals surface area contributed by atoms with Crippen LogP contribution in [0, 0.1) is 34.5 Å². The van der Waals surface area contributed by atoms with Crippen LogP contribution in [0.4, 0.5) is 0 Å². The molecule has 0 saturated heterocycles. The van der Waals surface area contributed by atoms with E-state index in [2.05, 4.69) is 24.7 Å². The van der Waals surface area contributed by atoms with E-state index in [0.29, 0.717) is 17.8 Å². The number of carbonyl (C=O) groups excluding carboxylic acids is 2. The summed E-state index contributed by atoms with van der Waals surface area (Å²) in [5.74, 6) is 1.83. The molecular weight excluding hydrogens is 372 g/mol. The van der Waals surface area contributed by atoms with Crippen molar-refractivity contribution in [3.63, 3.8) is 0 Å². The van der Waals surface area contributed by atoms with Gasteiger partial charge in [0.25, 0.3) is 6.48 Å². The van der Waals surface area contributed by atoms with E-state index in [1.807, 2.05) is 6.08 Å². The Balaban J connectivity index is 1.46. The maximum Gasteiger partial charge on any atom is 0.268 e. The Labute approximate surface area is 172 Å². The van der Waals surface area contributed by atoms with Gasteiger partial charge >= 0.3 is 0 Å². The Morgan fingerprint density at radius 3 is 2.76 bits per heavy atom. The Morgan fingerprint density at radius 2 is 2.00 bits per heavy atom. The number of ketones is 2.